The van der Waals surface area contributed by atoms with Gasteiger partial charge in [-0.2, -0.15) is 0 Å². The molecule has 0 spiro atoms. The lowest BCUT2D eigenvalue weighted by Crippen LogP contribution is -2.37. The van der Waals surface area contributed by atoms with E-state index >= 15 is 0 Å². The van der Waals surface area contributed by atoms with Crippen LogP contribution in [0.5, 0.6) is 5.75 Å². The molecule has 0 saturated heterocycles. The van der Waals surface area contributed by atoms with Gasteiger partial charge in [-0.1, -0.05) is 42.5 Å². The minimum absolute atomic E-state index is 0.205. The lowest BCUT2D eigenvalue weighted by molar-refractivity contribution is -0.131. The monoisotopic (exact) mass is 394 g/mol. The second-order valence-corrected chi connectivity index (χ2v) is 7.02. The van der Waals surface area contributed by atoms with Crippen molar-refractivity contribution < 1.29 is 9.53 Å². The van der Waals surface area contributed by atoms with Crippen molar-refractivity contribution in [3.63, 3.8) is 0 Å². The minimum atomic E-state index is 0.205. The molecule has 2 N–H and O–H groups in total. The molecule has 0 saturated carbocycles. The Kier molecular flexibility index (Phi) is 7.50. The first kappa shape index (κ1) is 20.7. The number of rotatable bonds is 8. The van der Waals surface area contributed by atoms with Crippen LogP contribution in [-0.4, -0.2) is 37.0 Å². The Hall–Kier alpha value is -3.02. The van der Waals surface area contributed by atoms with E-state index in [2.05, 4.69) is 27.8 Å². The first-order valence-electron chi connectivity index (χ1n) is 10.2. The van der Waals surface area contributed by atoms with Gasteiger partial charge in [-0.25, -0.2) is 0 Å². The highest BCUT2D eigenvalue weighted by molar-refractivity contribution is 5.80. The molecule has 0 aromatic heterocycles. The topological polar surface area (TPSA) is 66.0 Å². The molecule has 6 heteroatoms. The van der Waals surface area contributed by atoms with E-state index in [0.717, 1.165) is 36.8 Å². The molecule has 1 aliphatic heterocycles. The van der Waals surface area contributed by atoms with Crippen LogP contribution >= 0.6 is 0 Å². The van der Waals surface area contributed by atoms with Crippen LogP contribution in [-0.2, 0) is 24.4 Å². The Bertz CT molecular complexity index is 825. The van der Waals surface area contributed by atoms with E-state index in [1.165, 1.54) is 11.1 Å². The normalized spacial score (nSPS) is 13.2. The molecule has 1 aliphatic rings. The van der Waals surface area contributed by atoms with Gasteiger partial charge in [0, 0.05) is 45.2 Å². The maximum absolute atomic E-state index is 12.5. The molecule has 0 bridgehead atoms. The molecular formula is C23H30N4O2. The number of carbonyl (C=O) groups is 1. The molecule has 0 radical (unpaired) electrons. The van der Waals surface area contributed by atoms with Crippen LogP contribution in [0.15, 0.2) is 53.5 Å². The summed E-state index contributed by atoms with van der Waals surface area (Å²) in [6.07, 6.45) is 1.30. The summed E-state index contributed by atoms with van der Waals surface area (Å²) in [5, 5.41) is 6.58. The van der Waals surface area contributed by atoms with Crippen molar-refractivity contribution in [3.8, 4) is 5.75 Å². The van der Waals surface area contributed by atoms with Gasteiger partial charge in [0.05, 0.1) is 6.61 Å². The van der Waals surface area contributed by atoms with Crippen LogP contribution in [0.4, 0.5) is 0 Å². The number of aliphatic imine (C=N–C) groups is 1. The first-order chi connectivity index (χ1) is 14.2. The summed E-state index contributed by atoms with van der Waals surface area (Å²) in [5.41, 5.74) is 3.60. The van der Waals surface area contributed by atoms with Gasteiger partial charge in [0.25, 0.3) is 0 Å². The summed E-state index contributed by atoms with van der Waals surface area (Å²) in [4.78, 5) is 18.7. The number of hydrogen-bond donors (Lipinski definition) is 2. The van der Waals surface area contributed by atoms with Crippen molar-refractivity contribution in [1.29, 1.82) is 0 Å². The van der Waals surface area contributed by atoms with Crippen LogP contribution < -0.4 is 15.4 Å². The number of carbonyl (C=O) groups excluding carboxylic acids is 1. The van der Waals surface area contributed by atoms with E-state index in [-0.39, 0.29) is 5.91 Å². The molecule has 154 valence electrons. The lowest BCUT2D eigenvalue weighted by Gasteiger charge is -2.16. The highest BCUT2D eigenvalue weighted by Gasteiger charge is 2.22. The van der Waals surface area contributed by atoms with Gasteiger partial charge in [-0.15, -0.1) is 0 Å². The van der Waals surface area contributed by atoms with Crippen LogP contribution in [0.1, 0.15) is 36.5 Å². The van der Waals surface area contributed by atoms with Crippen molar-refractivity contribution in [3.05, 3.63) is 65.2 Å². The molecule has 0 unspecified atom stereocenters. The zero-order chi connectivity index (χ0) is 20.5. The molecule has 1 amide bonds. The summed E-state index contributed by atoms with van der Waals surface area (Å²) < 4.78 is 5.66. The minimum Gasteiger partial charge on any atom is -0.494 e. The Morgan fingerprint density at radius 3 is 2.45 bits per heavy atom. The van der Waals surface area contributed by atoms with E-state index < -0.39 is 0 Å². The van der Waals surface area contributed by atoms with Crippen molar-refractivity contribution in [2.45, 2.75) is 39.4 Å². The second-order valence-electron chi connectivity index (χ2n) is 7.02. The smallest absolute Gasteiger partial charge is 0.223 e. The van der Waals surface area contributed by atoms with Crippen LogP contribution in [0.2, 0.25) is 0 Å². The third-order valence-electron chi connectivity index (χ3n) is 5.00. The average Bonchev–Trinajstić information content (AvgIpc) is 3.19. The molecule has 0 atom stereocenters. The predicted molar refractivity (Wildman–Crippen MR) is 116 cm³/mol. The van der Waals surface area contributed by atoms with E-state index in [1.807, 2.05) is 48.2 Å². The summed E-state index contributed by atoms with van der Waals surface area (Å²) in [6.45, 7) is 5.39. The maximum atomic E-state index is 12.5. The van der Waals surface area contributed by atoms with Gasteiger partial charge >= 0.3 is 0 Å². The highest BCUT2D eigenvalue weighted by atomic mass is 16.5. The lowest BCUT2D eigenvalue weighted by atomic mass is 10.1. The molecule has 0 aliphatic carbocycles. The first-order valence-corrected chi connectivity index (χ1v) is 10.2. The molecule has 6 nitrogen and oxygen atoms in total. The molecule has 2 aromatic rings. The van der Waals surface area contributed by atoms with Crippen molar-refractivity contribution >= 4 is 11.9 Å². The molecule has 29 heavy (non-hydrogen) atoms. The van der Waals surface area contributed by atoms with E-state index in [4.69, 9.17) is 4.74 Å². The number of ether oxygens (including phenoxy) is 1. The predicted octanol–water partition coefficient (Wildman–Crippen LogP) is 3.07. The largest absolute Gasteiger partial charge is 0.494 e. The SMILES string of the molecule is CCOc1ccccc1CNC(=NC)NCCCC(=O)N1Cc2ccccc2C1. The van der Waals surface area contributed by atoms with Crippen molar-refractivity contribution in [2.24, 2.45) is 4.99 Å². The fourth-order valence-electron chi connectivity index (χ4n) is 3.46. The number of guanidine groups is 1. The Labute approximate surface area is 173 Å². The Morgan fingerprint density at radius 2 is 1.76 bits per heavy atom. The third kappa shape index (κ3) is 5.73. The van der Waals surface area contributed by atoms with Gasteiger partial charge in [-0.3, -0.25) is 9.79 Å². The van der Waals surface area contributed by atoms with Gasteiger partial charge in [-0.05, 0) is 30.5 Å². The summed E-state index contributed by atoms with van der Waals surface area (Å²) in [6, 6.07) is 16.2. The number of fused-ring (bicyclic) bond motifs is 1. The Morgan fingerprint density at radius 1 is 1.07 bits per heavy atom. The van der Waals surface area contributed by atoms with Gasteiger partial charge in [0.1, 0.15) is 5.75 Å². The van der Waals surface area contributed by atoms with Crippen LogP contribution in [0, 0.1) is 0 Å². The summed E-state index contributed by atoms with van der Waals surface area (Å²) >= 11 is 0. The fraction of sp³-hybridized carbons (Fsp3) is 0.391. The van der Waals surface area contributed by atoms with Crippen LogP contribution in [0.3, 0.4) is 0 Å². The third-order valence-corrected chi connectivity index (χ3v) is 5.00. The molecule has 2 aromatic carbocycles. The summed E-state index contributed by atoms with van der Waals surface area (Å²) in [5.74, 6) is 1.81. The molecule has 1 heterocycles. The highest BCUT2D eigenvalue weighted by Crippen LogP contribution is 2.22. The van der Waals surface area contributed by atoms with Gasteiger partial charge in [0.15, 0.2) is 5.96 Å². The quantitative estimate of drug-likeness (QED) is 0.410. The Balaban J connectivity index is 1.38. The zero-order valence-corrected chi connectivity index (χ0v) is 17.3. The molecule has 0 fully saturated rings. The maximum Gasteiger partial charge on any atom is 0.223 e. The van der Waals surface area contributed by atoms with E-state index in [0.29, 0.717) is 26.1 Å². The summed E-state index contributed by atoms with van der Waals surface area (Å²) in [7, 11) is 1.75. The second kappa shape index (κ2) is 10.5. The van der Waals surface area contributed by atoms with Gasteiger partial charge in [0.2, 0.25) is 5.91 Å². The van der Waals surface area contributed by atoms with Gasteiger partial charge < -0.3 is 20.3 Å². The number of nitrogens with zero attached hydrogens (tertiary/aromatic N) is 2. The standard InChI is InChI=1S/C23H30N4O2/c1-3-29-21-12-7-6-9-18(21)15-26-23(24-2)25-14-8-13-22(28)27-16-19-10-4-5-11-20(19)17-27/h4-7,9-12H,3,8,13-17H2,1-2H3,(H2,24,25,26). The molecule has 3 rings (SSSR count). The number of nitrogens with one attached hydrogen (secondary N) is 2. The number of hydrogen-bond acceptors (Lipinski definition) is 3. The van der Waals surface area contributed by atoms with E-state index in [1.54, 1.807) is 7.05 Å². The number of benzene rings is 2. The van der Waals surface area contributed by atoms with Crippen molar-refractivity contribution in [2.75, 3.05) is 20.2 Å². The number of amides is 1. The van der Waals surface area contributed by atoms with E-state index in [9.17, 15) is 4.79 Å². The average molecular weight is 395 g/mol. The van der Waals surface area contributed by atoms with Crippen LogP contribution in [0.25, 0.3) is 0 Å². The zero-order valence-electron chi connectivity index (χ0n) is 17.3. The number of para-hydroxylation sites is 1. The fourth-order valence-corrected chi connectivity index (χ4v) is 3.46. The van der Waals surface area contributed by atoms with Crippen molar-refractivity contribution in [1.82, 2.24) is 15.5 Å². The molecular weight excluding hydrogens is 364 g/mol.